The van der Waals surface area contributed by atoms with Crippen LogP contribution in [0, 0.1) is 12.8 Å². The molecule has 0 aliphatic heterocycles. The minimum atomic E-state index is -0.0962. The van der Waals surface area contributed by atoms with Crippen LogP contribution in [0.1, 0.15) is 26.0 Å². The first-order chi connectivity index (χ1) is 9.29. The Morgan fingerprint density at radius 1 is 1.45 bits per heavy atom. The van der Waals surface area contributed by atoms with Crippen LogP contribution in [0.25, 0.3) is 0 Å². The SMILES string of the molecule is Cc1csc(=O)n1CC(=O)NC(CC(C)C)CN(C)C. The van der Waals surface area contributed by atoms with E-state index in [1.165, 1.54) is 4.57 Å². The van der Waals surface area contributed by atoms with Crippen LogP contribution < -0.4 is 10.2 Å². The summed E-state index contributed by atoms with van der Waals surface area (Å²) in [6.45, 7) is 7.04. The summed E-state index contributed by atoms with van der Waals surface area (Å²) < 4.78 is 1.52. The smallest absolute Gasteiger partial charge is 0.307 e. The first-order valence-electron chi connectivity index (χ1n) is 6.88. The van der Waals surface area contributed by atoms with Crippen LogP contribution >= 0.6 is 11.3 Å². The molecule has 1 aromatic heterocycles. The lowest BCUT2D eigenvalue weighted by molar-refractivity contribution is -0.122. The molecular weight excluding hydrogens is 274 g/mol. The van der Waals surface area contributed by atoms with Crippen LogP contribution in [0.15, 0.2) is 10.2 Å². The molecule has 1 aromatic rings. The molecule has 0 radical (unpaired) electrons. The van der Waals surface area contributed by atoms with E-state index < -0.39 is 0 Å². The fraction of sp³-hybridized carbons (Fsp3) is 0.714. The van der Waals surface area contributed by atoms with Gasteiger partial charge in [0.2, 0.25) is 5.91 Å². The van der Waals surface area contributed by atoms with Gasteiger partial charge in [-0.2, -0.15) is 0 Å². The number of aryl methyl sites for hydroxylation is 1. The third-order valence-corrected chi connectivity index (χ3v) is 3.87. The molecule has 1 N–H and O–H groups in total. The van der Waals surface area contributed by atoms with Gasteiger partial charge in [0, 0.05) is 23.7 Å². The van der Waals surface area contributed by atoms with E-state index in [0.29, 0.717) is 5.92 Å². The summed E-state index contributed by atoms with van der Waals surface area (Å²) in [6.07, 6.45) is 0.932. The van der Waals surface area contributed by atoms with Crippen molar-refractivity contribution in [3.05, 3.63) is 20.7 Å². The molecule has 5 nitrogen and oxygen atoms in total. The van der Waals surface area contributed by atoms with Gasteiger partial charge in [0.15, 0.2) is 0 Å². The second-order valence-corrected chi connectivity index (χ2v) is 6.71. The Bertz CT molecular complexity index is 481. The standard InChI is InChI=1S/C14H25N3O2S/c1-10(2)6-12(7-16(4)5)15-13(18)8-17-11(3)9-20-14(17)19/h9-10,12H,6-8H2,1-5H3,(H,15,18). The van der Waals surface area contributed by atoms with Crippen LogP contribution in [0.5, 0.6) is 0 Å². The maximum absolute atomic E-state index is 12.1. The average molecular weight is 299 g/mol. The molecule has 6 heteroatoms. The van der Waals surface area contributed by atoms with Gasteiger partial charge in [-0.15, -0.1) is 0 Å². The Morgan fingerprint density at radius 2 is 2.10 bits per heavy atom. The first kappa shape index (κ1) is 16.9. The molecule has 0 saturated heterocycles. The number of amides is 1. The normalized spacial score (nSPS) is 12.9. The lowest BCUT2D eigenvalue weighted by Gasteiger charge is -2.24. The van der Waals surface area contributed by atoms with Crippen LogP contribution in [-0.2, 0) is 11.3 Å². The zero-order chi connectivity index (χ0) is 15.3. The third-order valence-electron chi connectivity index (χ3n) is 2.98. The number of carbonyl (C=O) groups excluding carboxylic acids is 1. The maximum atomic E-state index is 12.1. The molecule has 0 aromatic carbocycles. The largest absolute Gasteiger partial charge is 0.351 e. The van der Waals surface area contributed by atoms with Crippen LogP contribution in [0.2, 0.25) is 0 Å². The molecule has 0 aliphatic carbocycles. The topological polar surface area (TPSA) is 54.3 Å². The summed E-state index contributed by atoms with van der Waals surface area (Å²) in [5.74, 6) is 0.423. The van der Waals surface area contributed by atoms with Gasteiger partial charge in [-0.1, -0.05) is 25.2 Å². The highest BCUT2D eigenvalue weighted by Crippen LogP contribution is 2.06. The Kier molecular flexibility index (Phi) is 6.42. The van der Waals surface area contributed by atoms with E-state index in [9.17, 15) is 9.59 Å². The predicted octanol–water partition coefficient (Wildman–Crippen LogP) is 1.31. The lowest BCUT2D eigenvalue weighted by Crippen LogP contribution is -2.44. The van der Waals surface area contributed by atoms with Crippen molar-refractivity contribution in [2.45, 2.75) is 39.8 Å². The van der Waals surface area contributed by atoms with E-state index in [4.69, 9.17) is 0 Å². The average Bonchev–Trinajstić information content (AvgIpc) is 2.58. The van der Waals surface area contributed by atoms with Gasteiger partial charge in [-0.05, 0) is 33.4 Å². The molecule has 0 fully saturated rings. The van der Waals surface area contributed by atoms with E-state index in [1.807, 2.05) is 21.0 Å². The fourth-order valence-electron chi connectivity index (χ4n) is 2.20. The highest BCUT2D eigenvalue weighted by Gasteiger charge is 2.16. The number of rotatable bonds is 7. The minimum absolute atomic E-state index is 0.0781. The summed E-state index contributed by atoms with van der Waals surface area (Å²) in [7, 11) is 3.99. The quantitative estimate of drug-likeness (QED) is 0.826. The number of carbonyl (C=O) groups is 1. The van der Waals surface area contributed by atoms with Crippen molar-refractivity contribution >= 4 is 17.2 Å². The van der Waals surface area contributed by atoms with Gasteiger partial charge in [-0.25, -0.2) is 0 Å². The summed E-state index contributed by atoms with van der Waals surface area (Å²) in [5, 5.41) is 4.82. The third kappa shape index (κ3) is 5.46. The Hall–Kier alpha value is -1.14. The predicted molar refractivity (Wildman–Crippen MR) is 83.3 cm³/mol. The molecule has 1 amide bonds. The van der Waals surface area contributed by atoms with Crippen molar-refractivity contribution in [2.24, 2.45) is 5.92 Å². The number of nitrogens with one attached hydrogen (secondary N) is 1. The second-order valence-electron chi connectivity index (χ2n) is 5.89. The fourth-order valence-corrected chi connectivity index (χ4v) is 2.94. The minimum Gasteiger partial charge on any atom is -0.351 e. The monoisotopic (exact) mass is 299 g/mol. The number of hydrogen-bond acceptors (Lipinski definition) is 4. The molecule has 20 heavy (non-hydrogen) atoms. The van der Waals surface area contributed by atoms with Crippen molar-refractivity contribution < 1.29 is 4.79 Å². The van der Waals surface area contributed by atoms with Gasteiger partial charge < -0.3 is 10.2 Å². The molecule has 1 rings (SSSR count). The molecule has 0 bridgehead atoms. The number of hydrogen-bond donors (Lipinski definition) is 1. The molecule has 114 valence electrons. The van der Waals surface area contributed by atoms with E-state index in [2.05, 4.69) is 24.1 Å². The Labute approximate surface area is 124 Å². The van der Waals surface area contributed by atoms with Crippen LogP contribution in [-0.4, -0.2) is 42.1 Å². The number of likely N-dealkylation sites (N-methyl/N-ethyl adjacent to an activating group) is 1. The van der Waals surface area contributed by atoms with Gasteiger partial charge in [0.1, 0.15) is 6.54 Å². The summed E-state index contributed by atoms with van der Waals surface area (Å²) in [5.41, 5.74) is 0.836. The van der Waals surface area contributed by atoms with Crippen LogP contribution in [0.3, 0.4) is 0 Å². The molecule has 0 aliphatic rings. The highest BCUT2D eigenvalue weighted by molar-refractivity contribution is 7.07. The Morgan fingerprint density at radius 3 is 2.55 bits per heavy atom. The van der Waals surface area contributed by atoms with Gasteiger partial charge >= 0.3 is 4.87 Å². The summed E-state index contributed by atoms with van der Waals surface area (Å²) in [6, 6.07) is 0.118. The van der Waals surface area contributed by atoms with Gasteiger partial charge in [-0.3, -0.25) is 14.2 Å². The zero-order valence-corrected chi connectivity index (χ0v) is 13.8. The number of thiazole rings is 1. The van der Waals surface area contributed by atoms with Crippen molar-refractivity contribution in [1.29, 1.82) is 0 Å². The van der Waals surface area contributed by atoms with Crippen molar-refractivity contribution in [2.75, 3.05) is 20.6 Å². The summed E-state index contributed by atoms with van der Waals surface area (Å²) >= 11 is 1.13. The molecule has 1 atom stereocenters. The molecule has 1 heterocycles. The van der Waals surface area contributed by atoms with E-state index in [1.54, 1.807) is 5.38 Å². The van der Waals surface area contributed by atoms with Gasteiger partial charge in [0.05, 0.1) is 0 Å². The van der Waals surface area contributed by atoms with Crippen molar-refractivity contribution in [3.8, 4) is 0 Å². The highest BCUT2D eigenvalue weighted by atomic mass is 32.1. The number of aromatic nitrogens is 1. The Balaban J connectivity index is 2.64. The first-order valence-corrected chi connectivity index (χ1v) is 7.76. The maximum Gasteiger partial charge on any atom is 0.307 e. The van der Waals surface area contributed by atoms with Gasteiger partial charge in [0.25, 0.3) is 0 Å². The lowest BCUT2D eigenvalue weighted by atomic mass is 10.0. The molecular formula is C14H25N3O2S. The van der Waals surface area contributed by atoms with Crippen molar-refractivity contribution in [3.63, 3.8) is 0 Å². The summed E-state index contributed by atoms with van der Waals surface area (Å²) in [4.78, 5) is 25.7. The van der Waals surface area contributed by atoms with Crippen LogP contribution in [0.4, 0.5) is 0 Å². The van der Waals surface area contributed by atoms with Crippen molar-refractivity contribution in [1.82, 2.24) is 14.8 Å². The molecule has 1 unspecified atom stereocenters. The zero-order valence-electron chi connectivity index (χ0n) is 13.0. The van der Waals surface area contributed by atoms with E-state index in [0.717, 1.165) is 30.0 Å². The number of nitrogens with zero attached hydrogens (tertiary/aromatic N) is 2. The van der Waals surface area contributed by atoms with E-state index >= 15 is 0 Å². The van der Waals surface area contributed by atoms with E-state index in [-0.39, 0.29) is 23.4 Å². The molecule has 0 spiro atoms. The molecule has 0 saturated carbocycles. The second kappa shape index (κ2) is 7.59.